The molecule has 0 bridgehead atoms. The van der Waals surface area contributed by atoms with E-state index >= 15 is 0 Å². The Balaban J connectivity index is 1.61. The number of hydrogen-bond acceptors (Lipinski definition) is 3. The van der Waals surface area contributed by atoms with E-state index in [0.29, 0.717) is 16.5 Å². The summed E-state index contributed by atoms with van der Waals surface area (Å²) in [7, 11) is 0. The van der Waals surface area contributed by atoms with E-state index in [4.69, 9.17) is 23.2 Å². The fourth-order valence-corrected chi connectivity index (χ4v) is 6.58. The zero-order valence-electron chi connectivity index (χ0n) is 20.1. The third-order valence-electron chi connectivity index (χ3n) is 7.92. The normalized spacial score (nSPS) is 22.8. The van der Waals surface area contributed by atoms with Crippen LogP contribution in [0.1, 0.15) is 62.5 Å². The fraction of sp³-hybridized carbons (Fsp3) is 0.500. The number of carbonyl (C=O) groups is 2. The van der Waals surface area contributed by atoms with Crippen LogP contribution in [0.3, 0.4) is 0 Å². The summed E-state index contributed by atoms with van der Waals surface area (Å²) < 4.78 is 0. The van der Waals surface area contributed by atoms with Crippen LogP contribution in [-0.4, -0.2) is 47.3 Å². The summed E-state index contributed by atoms with van der Waals surface area (Å²) in [4.78, 5) is 31.9. The first-order valence-electron chi connectivity index (χ1n) is 12.9. The highest BCUT2D eigenvalue weighted by atomic mass is 35.5. The molecule has 1 atom stereocenters. The molecule has 1 aliphatic carbocycles. The van der Waals surface area contributed by atoms with Gasteiger partial charge in [0.1, 0.15) is 5.54 Å². The zero-order valence-corrected chi connectivity index (χ0v) is 21.6. The zero-order chi connectivity index (χ0) is 24.4. The van der Waals surface area contributed by atoms with E-state index in [0.717, 1.165) is 68.4 Å². The monoisotopic (exact) mass is 513 g/mol. The van der Waals surface area contributed by atoms with Crippen LogP contribution in [0.5, 0.6) is 0 Å². The van der Waals surface area contributed by atoms with Gasteiger partial charge < -0.3 is 10.2 Å². The second-order valence-corrected chi connectivity index (χ2v) is 11.0. The SMILES string of the molecule is O=C(CN(C1CCCCC1)C1(Cc2cccc(Cl)c2)C(=O)Nc2cc(Cl)ccc21)N1CCCCC1. The van der Waals surface area contributed by atoms with Crippen LogP contribution < -0.4 is 5.32 Å². The van der Waals surface area contributed by atoms with E-state index in [9.17, 15) is 9.59 Å². The highest BCUT2D eigenvalue weighted by Crippen LogP contribution is 2.46. The summed E-state index contributed by atoms with van der Waals surface area (Å²) in [6, 6.07) is 13.5. The van der Waals surface area contributed by atoms with Crippen molar-refractivity contribution < 1.29 is 9.59 Å². The van der Waals surface area contributed by atoms with Crippen molar-refractivity contribution >= 4 is 40.7 Å². The number of likely N-dealkylation sites (tertiary alicyclic amines) is 1. The third kappa shape index (κ3) is 4.96. The molecule has 2 aromatic carbocycles. The van der Waals surface area contributed by atoms with E-state index in [1.807, 2.05) is 47.4 Å². The Kier molecular flexibility index (Phi) is 7.38. The van der Waals surface area contributed by atoms with Crippen LogP contribution in [-0.2, 0) is 21.5 Å². The lowest BCUT2D eigenvalue weighted by atomic mass is 9.80. The van der Waals surface area contributed by atoms with Crippen molar-refractivity contribution in [1.29, 1.82) is 0 Å². The van der Waals surface area contributed by atoms with Crippen LogP contribution >= 0.6 is 23.2 Å². The summed E-state index contributed by atoms with van der Waals surface area (Å²) >= 11 is 12.7. The molecule has 7 heteroatoms. The fourth-order valence-electron chi connectivity index (χ4n) is 6.19. The topological polar surface area (TPSA) is 52.7 Å². The average molecular weight is 514 g/mol. The van der Waals surface area contributed by atoms with Gasteiger partial charge in [0.25, 0.3) is 0 Å². The maximum absolute atomic E-state index is 14.0. The van der Waals surface area contributed by atoms with Gasteiger partial charge in [0.15, 0.2) is 0 Å². The van der Waals surface area contributed by atoms with Crippen molar-refractivity contribution in [2.45, 2.75) is 69.4 Å². The van der Waals surface area contributed by atoms with E-state index in [1.165, 1.54) is 12.8 Å². The molecule has 1 unspecified atom stereocenters. The molecule has 2 amide bonds. The highest BCUT2D eigenvalue weighted by Gasteiger charge is 2.54. The number of benzene rings is 2. The predicted molar refractivity (Wildman–Crippen MR) is 141 cm³/mol. The largest absolute Gasteiger partial charge is 0.342 e. The van der Waals surface area contributed by atoms with Crippen LogP contribution in [0.25, 0.3) is 0 Å². The number of halogens is 2. The summed E-state index contributed by atoms with van der Waals surface area (Å²) in [5, 5.41) is 4.33. The number of amides is 2. The average Bonchev–Trinajstić information content (AvgIpc) is 3.14. The van der Waals surface area contributed by atoms with Crippen molar-refractivity contribution in [1.82, 2.24) is 9.80 Å². The lowest BCUT2D eigenvalue weighted by molar-refractivity contribution is -0.141. The summed E-state index contributed by atoms with van der Waals surface area (Å²) in [6.45, 7) is 1.84. The number of fused-ring (bicyclic) bond motifs is 1. The van der Waals surface area contributed by atoms with Crippen LogP contribution in [0, 0.1) is 0 Å². The Labute approximate surface area is 217 Å². The first kappa shape index (κ1) is 24.6. The minimum absolute atomic E-state index is 0.0910. The number of hydrogen-bond donors (Lipinski definition) is 1. The van der Waals surface area contributed by atoms with Gasteiger partial charge in [-0.25, -0.2) is 0 Å². The second kappa shape index (κ2) is 10.5. The molecule has 186 valence electrons. The summed E-state index contributed by atoms with van der Waals surface area (Å²) in [6.07, 6.45) is 9.10. The van der Waals surface area contributed by atoms with Gasteiger partial charge in [-0.05, 0) is 61.9 Å². The van der Waals surface area contributed by atoms with Crippen molar-refractivity contribution in [3.63, 3.8) is 0 Å². The van der Waals surface area contributed by atoms with E-state index < -0.39 is 5.54 Å². The quantitative estimate of drug-likeness (QED) is 0.512. The van der Waals surface area contributed by atoms with E-state index in [2.05, 4.69) is 10.2 Å². The number of piperidine rings is 1. The number of anilines is 1. The van der Waals surface area contributed by atoms with Gasteiger partial charge in [0.2, 0.25) is 11.8 Å². The Hall–Kier alpha value is -2.08. The lowest BCUT2D eigenvalue weighted by Crippen LogP contribution is -2.60. The predicted octanol–water partition coefficient (Wildman–Crippen LogP) is 6.03. The van der Waals surface area contributed by atoms with E-state index in [-0.39, 0.29) is 24.4 Å². The van der Waals surface area contributed by atoms with Gasteiger partial charge in [-0.1, -0.05) is 60.7 Å². The Morgan fingerprint density at radius 3 is 2.43 bits per heavy atom. The smallest absolute Gasteiger partial charge is 0.249 e. The van der Waals surface area contributed by atoms with Gasteiger partial charge in [-0.3, -0.25) is 14.5 Å². The van der Waals surface area contributed by atoms with Crippen LogP contribution in [0.15, 0.2) is 42.5 Å². The van der Waals surface area contributed by atoms with Crippen molar-refractivity contribution in [2.24, 2.45) is 0 Å². The first-order valence-corrected chi connectivity index (χ1v) is 13.6. The number of nitrogens with zero attached hydrogens (tertiary/aromatic N) is 2. The molecule has 0 radical (unpaired) electrons. The minimum Gasteiger partial charge on any atom is -0.342 e. The van der Waals surface area contributed by atoms with Crippen LogP contribution in [0.4, 0.5) is 5.69 Å². The Morgan fingerprint density at radius 2 is 1.69 bits per heavy atom. The molecule has 1 saturated heterocycles. The van der Waals surface area contributed by atoms with Gasteiger partial charge in [-0.2, -0.15) is 0 Å². The van der Waals surface area contributed by atoms with Crippen molar-refractivity contribution in [3.05, 3.63) is 63.6 Å². The van der Waals surface area contributed by atoms with Gasteiger partial charge in [-0.15, -0.1) is 0 Å². The second-order valence-electron chi connectivity index (χ2n) is 10.2. The molecule has 0 spiro atoms. The maximum Gasteiger partial charge on any atom is 0.249 e. The molecule has 2 aliphatic heterocycles. The highest BCUT2D eigenvalue weighted by molar-refractivity contribution is 6.31. The molecule has 2 aromatic rings. The molecular weight excluding hydrogens is 481 g/mol. The standard InChI is InChI=1S/C28H33Cl2N3O2/c29-21-9-7-8-20(16-21)18-28(24-13-12-22(30)17-25(24)31-27(28)35)33(23-10-3-1-4-11-23)19-26(34)32-14-5-2-6-15-32/h7-9,12-13,16-17,23H,1-6,10-11,14-15,18-19H2,(H,31,35). The maximum atomic E-state index is 14.0. The lowest BCUT2D eigenvalue weighted by Gasteiger charge is -2.46. The molecule has 1 saturated carbocycles. The van der Waals surface area contributed by atoms with Gasteiger partial charge in [0, 0.05) is 46.8 Å². The summed E-state index contributed by atoms with van der Waals surface area (Å²) in [5.41, 5.74) is 1.60. The number of nitrogens with one attached hydrogen (secondary N) is 1. The molecule has 3 aliphatic rings. The van der Waals surface area contributed by atoms with E-state index in [1.54, 1.807) is 0 Å². The Morgan fingerprint density at radius 1 is 0.971 bits per heavy atom. The van der Waals surface area contributed by atoms with Crippen molar-refractivity contribution in [3.8, 4) is 0 Å². The Bertz CT molecular complexity index is 1100. The molecule has 2 fully saturated rings. The molecule has 5 nitrogen and oxygen atoms in total. The molecule has 0 aromatic heterocycles. The number of carbonyl (C=O) groups excluding carboxylic acids is 2. The minimum atomic E-state index is -1.00. The molecule has 2 heterocycles. The third-order valence-corrected chi connectivity index (χ3v) is 8.39. The molecular formula is C28H33Cl2N3O2. The number of rotatable bonds is 6. The van der Waals surface area contributed by atoms with Gasteiger partial charge >= 0.3 is 0 Å². The molecule has 35 heavy (non-hydrogen) atoms. The molecule has 1 N–H and O–H groups in total. The van der Waals surface area contributed by atoms with Crippen LogP contribution in [0.2, 0.25) is 10.0 Å². The van der Waals surface area contributed by atoms with Crippen molar-refractivity contribution in [2.75, 3.05) is 25.0 Å². The summed E-state index contributed by atoms with van der Waals surface area (Å²) in [5.74, 6) is 0.0303. The first-order chi connectivity index (χ1) is 17.0. The molecule has 5 rings (SSSR count). The van der Waals surface area contributed by atoms with Gasteiger partial charge in [0.05, 0.1) is 6.54 Å².